The van der Waals surface area contributed by atoms with Gasteiger partial charge in [-0.3, -0.25) is 14.4 Å². The molecule has 3 amide bonds. The molecule has 0 spiro atoms. The minimum absolute atomic E-state index is 0.0674. The largest absolute Gasteiger partial charge is 0.376 e. The van der Waals surface area contributed by atoms with Crippen LogP contribution in [0, 0.1) is 0 Å². The first-order valence-corrected chi connectivity index (χ1v) is 10.3. The second-order valence-electron chi connectivity index (χ2n) is 7.12. The Morgan fingerprint density at radius 2 is 1.38 bits per heavy atom. The van der Waals surface area contributed by atoms with E-state index >= 15 is 0 Å². The van der Waals surface area contributed by atoms with Crippen LogP contribution in [0.4, 0.5) is 17.1 Å². The quantitative estimate of drug-likeness (QED) is 0.508. The van der Waals surface area contributed by atoms with E-state index in [1.165, 1.54) is 0 Å². The van der Waals surface area contributed by atoms with Gasteiger partial charge in [0.05, 0.1) is 6.54 Å². The summed E-state index contributed by atoms with van der Waals surface area (Å²) in [5.41, 5.74) is 3.23. The van der Waals surface area contributed by atoms with Gasteiger partial charge in [0.25, 0.3) is 11.8 Å². The number of anilines is 3. The molecule has 0 saturated carbocycles. The van der Waals surface area contributed by atoms with E-state index in [4.69, 9.17) is 0 Å². The molecule has 0 bridgehead atoms. The first-order valence-electron chi connectivity index (χ1n) is 10.3. The first kappa shape index (κ1) is 22.6. The molecule has 0 unspecified atom stereocenters. The summed E-state index contributed by atoms with van der Waals surface area (Å²) in [5, 5.41) is 8.55. The number of hydrogen-bond acceptors (Lipinski definition) is 4. The Morgan fingerprint density at radius 1 is 0.781 bits per heavy atom. The lowest BCUT2D eigenvalue weighted by Gasteiger charge is -2.17. The molecule has 3 rings (SSSR count). The second kappa shape index (κ2) is 10.8. The van der Waals surface area contributed by atoms with Crippen LogP contribution in [0.2, 0.25) is 0 Å². The molecule has 3 aromatic carbocycles. The number of carbonyl (C=O) groups is 3. The molecule has 0 aromatic heterocycles. The molecule has 7 nitrogen and oxygen atoms in total. The van der Waals surface area contributed by atoms with E-state index in [0.717, 1.165) is 11.4 Å². The summed E-state index contributed by atoms with van der Waals surface area (Å²) in [6.07, 6.45) is 0. The summed E-state index contributed by atoms with van der Waals surface area (Å²) in [5.74, 6) is -0.487. The van der Waals surface area contributed by atoms with E-state index in [0.29, 0.717) is 23.4 Å². The topological polar surface area (TPSA) is 90.5 Å². The number of nitrogens with zero attached hydrogens (tertiary/aromatic N) is 1. The highest BCUT2D eigenvalue weighted by Gasteiger charge is 2.13. The van der Waals surface area contributed by atoms with E-state index in [1.54, 1.807) is 60.5 Å². The van der Waals surface area contributed by atoms with Crippen molar-refractivity contribution in [1.29, 1.82) is 0 Å². The first-order chi connectivity index (χ1) is 15.5. The normalized spacial score (nSPS) is 10.2. The van der Waals surface area contributed by atoms with Crippen LogP contribution in [-0.4, -0.2) is 37.9 Å². The standard InChI is InChI=1S/C25H26N4O3/c1-3-26-24(31)18-9-13-20(14-10-18)27-17-23(30)28-21-15-11-19(12-16-21)25(32)29(2)22-7-5-4-6-8-22/h4-16,27H,3,17H2,1-2H3,(H,26,31)(H,28,30). The van der Waals surface area contributed by atoms with Gasteiger partial charge in [-0.15, -0.1) is 0 Å². The third kappa shape index (κ3) is 5.95. The third-order valence-corrected chi connectivity index (χ3v) is 4.80. The summed E-state index contributed by atoms with van der Waals surface area (Å²) in [6, 6.07) is 23.1. The Hall–Kier alpha value is -4.13. The summed E-state index contributed by atoms with van der Waals surface area (Å²) < 4.78 is 0. The molecule has 0 aliphatic heterocycles. The van der Waals surface area contributed by atoms with E-state index in [-0.39, 0.29) is 24.3 Å². The molecule has 164 valence electrons. The van der Waals surface area contributed by atoms with Crippen molar-refractivity contribution in [3.05, 3.63) is 90.0 Å². The fourth-order valence-electron chi connectivity index (χ4n) is 3.05. The lowest BCUT2D eigenvalue weighted by atomic mass is 10.1. The van der Waals surface area contributed by atoms with E-state index in [9.17, 15) is 14.4 Å². The Balaban J connectivity index is 1.51. The zero-order valence-corrected chi connectivity index (χ0v) is 18.1. The molecule has 7 heteroatoms. The Kier molecular flexibility index (Phi) is 7.59. The fourth-order valence-corrected chi connectivity index (χ4v) is 3.05. The Morgan fingerprint density at radius 3 is 2.00 bits per heavy atom. The predicted molar refractivity (Wildman–Crippen MR) is 127 cm³/mol. The molecular weight excluding hydrogens is 404 g/mol. The van der Waals surface area contributed by atoms with Gasteiger partial charge in [-0.05, 0) is 67.6 Å². The van der Waals surface area contributed by atoms with Crippen LogP contribution in [0.15, 0.2) is 78.9 Å². The van der Waals surface area contributed by atoms with Crippen LogP contribution in [0.1, 0.15) is 27.6 Å². The average Bonchev–Trinajstić information content (AvgIpc) is 2.83. The zero-order valence-electron chi connectivity index (χ0n) is 18.1. The number of carbonyl (C=O) groups excluding carboxylic acids is 3. The van der Waals surface area contributed by atoms with Gasteiger partial charge in [0.15, 0.2) is 0 Å². The number of rotatable bonds is 8. The molecule has 3 aromatic rings. The summed E-state index contributed by atoms with van der Waals surface area (Å²) in [6.45, 7) is 2.50. The summed E-state index contributed by atoms with van der Waals surface area (Å²) in [7, 11) is 1.72. The van der Waals surface area contributed by atoms with Crippen LogP contribution in [0.5, 0.6) is 0 Å². The molecule has 0 atom stereocenters. The second-order valence-corrected chi connectivity index (χ2v) is 7.12. The van der Waals surface area contributed by atoms with Gasteiger partial charge >= 0.3 is 0 Å². The molecule has 0 saturated heterocycles. The van der Waals surface area contributed by atoms with Crippen molar-refractivity contribution in [2.24, 2.45) is 0 Å². The maximum absolute atomic E-state index is 12.6. The Labute approximate surface area is 187 Å². The molecule has 0 heterocycles. The average molecular weight is 431 g/mol. The van der Waals surface area contributed by atoms with Crippen molar-refractivity contribution in [3.8, 4) is 0 Å². The van der Waals surface area contributed by atoms with Gasteiger partial charge in [-0.2, -0.15) is 0 Å². The molecule has 32 heavy (non-hydrogen) atoms. The van der Waals surface area contributed by atoms with Crippen LogP contribution in [-0.2, 0) is 4.79 Å². The van der Waals surface area contributed by atoms with Crippen molar-refractivity contribution in [1.82, 2.24) is 5.32 Å². The number of amides is 3. The lowest BCUT2D eigenvalue weighted by molar-refractivity contribution is -0.114. The van der Waals surface area contributed by atoms with Crippen molar-refractivity contribution in [2.45, 2.75) is 6.92 Å². The molecule has 0 fully saturated rings. The minimum Gasteiger partial charge on any atom is -0.376 e. The number of nitrogens with one attached hydrogen (secondary N) is 3. The SMILES string of the molecule is CCNC(=O)c1ccc(NCC(=O)Nc2ccc(C(=O)N(C)c3ccccc3)cc2)cc1. The minimum atomic E-state index is -0.224. The highest BCUT2D eigenvalue weighted by atomic mass is 16.2. The summed E-state index contributed by atoms with van der Waals surface area (Å²) >= 11 is 0. The van der Waals surface area contributed by atoms with Crippen molar-refractivity contribution in [2.75, 3.05) is 35.7 Å². The molecule has 0 aliphatic rings. The van der Waals surface area contributed by atoms with Gasteiger partial charge < -0.3 is 20.9 Å². The van der Waals surface area contributed by atoms with Gasteiger partial charge in [0.1, 0.15) is 0 Å². The van der Waals surface area contributed by atoms with Crippen molar-refractivity contribution in [3.63, 3.8) is 0 Å². The maximum Gasteiger partial charge on any atom is 0.258 e. The van der Waals surface area contributed by atoms with E-state index < -0.39 is 0 Å². The maximum atomic E-state index is 12.6. The predicted octanol–water partition coefficient (Wildman–Crippen LogP) is 3.76. The van der Waals surface area contributed by atoms with Gasteiger partial charge in [-0.25, -0.2) is 0 Å². The number of para-hydroxylation sites is 1. The number of hydrogen-bond donors (Lipinski definition) is 3. The van der Waals surface area contributed by atoms with Crippen LogP contribution in [0.3, 0.4) is 0 Å². The smallest absolute Gasteiger partial charge is 0.258 e. The van der Waals surface area contributed by atoms with Gasteiger partial charge in [0, 0.05) is 41.8 Å². The van der Waals surface area contributed by atoms with Crippen molar-refractivity contribution < 1.29 is 14.4 Å². The highest BCUT2D eigenvalue weighted by Crippen LogP contribution is 2.17. The zero-order chi connectivity index (χ0) is 22.9. The lowest BCUT2D eigenvalue weighted by Crippen LogP contribution is -2.26. The molecular formula is C25H26N4O3. The number of benzene rings is 3. The van der Waals surface area contributed by atoms with Gasteiger partial charge in [-0.1, -0.05) is 18.2 Å². The van der Waals surface area contributed by atoms with E-state index in [2.05, 4.69) is 16.0 Å². The summed E-state index contributed by atoms with van der Waals surface area (Å²) in [4.78, 5) is 38.2. The highest BCUT2D eigenvalue weighted by molar-refractivity contribution is 6.06. The third-order valence-electron chi connectivity index (χ3n) is 4.80. The monoisotopic (exact) mass is 430 g/mol. The van der Waals surface area contributed by atoms with E-state index in [1.807, 2.05) is 37.3 Å². The van der Waals surface area contributed by atoms with Crippen LogP contribution in [0.25, 0.3) is 0 Å². The molecule has 0 radical (unpaired) electrons. The van der Waals surface area contributed by atoms with Crippen LogP contribution < -0.4 is 20.9 Å². The molecule has 3 N–H and O–H groups in total. The van der Waals surface area contributed by atoms with Gasteiger partial charge in [0.2, 0.25) is 5.91 Å². The molecule has 0 aliphatic carbocycles. The fraction of sp³-hybridized carbons (Fsp3) is 0.160. The Bertz CT molecular complexity index is 1060. The van der Waals surface area contributed by atoms with Crippen LogP contribution >= 0.6 is 0 Å². The van der Waals surface area contributed by atoms with Crippen molar-refractivity contribution >= 4 is 34.8 Å².